The summed E-state index contributed by atoms with van der Waals surface area (Å²) in [5.41, 5.74) is 0. The lowest BCUT2D eigenvalue weighted by molar-refractivity contribution is -0.302. The SMILES string of the molecule is CCCCCCC/C=C/CC/C=C/CC/C=C/C(O)C(COC1OC(CO)C(O)C(O)C1O)NC(=O)CCCCCCCCCCCCCCCCCCCCCCCCCCCCCCCCCCCCCCCCCOC(=O)CCCCCCCCCCCCCCC. The van der Waals surface area contributed by atoms with Crippen LogP contribution in [0.3, 0.4) is 0 Å². The van der Waals surface area contributed by atoms with Gasteiger partial charge in [-0.05, 0) is 57.8 Å². The number of allylic oxidation sites excluding steroid dienone is 5. The lowest BCUT2D eigenvalue weighted by atomic mass is 9.99. The first-order valence-electron chi connectivity index (χ1n) is 41.8. The number of carbonyl (C=O) groups excluding carboxylic acids is 2. The number of ether oxygens (including phenoxy) is 3. The monoisotopic (exact) mass is 1340 g/mol. The molecule has 0 aliphatic carbocycles. The number of nitrogens with one attached hydrogen (secondary N) is 1. The Hall–Kier alpha value is -2.12. The minimum Gasteiger partial charge on any atom is -0.466 e. The fourth-order valence-electron chi connectivity index (χ4n) is 13.5. The van der Waals surface area contributed by atoms with Crippen LogP contribution in [0.4, 0.5) is 0 Å². The van der Waals surface area contributed by atoms with Crippen molar-refractivity contribution in [2.75, 3.05) is 19.8 Å². The molecule has 7 unspecified atom stereocenters. The molecule has 95 heavy (non-hydrogen) atoms. The number of hydrogen-bond donors (Lipinski definition) is 6. The van der Waals surface area contributed by atoms with E-state index < -0.39 is 49.5 Å². The third-order valence-electron chi connectivity index (χ3n) is 20.0. The lowest BCUT2D eigenvalue weighted by Gasteiger charge is -2.40. The summed E-state index contributed by atoms with van der Waals surface area (Å²) >= 11 is 0. The van der Waals surface area contributed by atoms with E-state index in [0.29, 0.717) is 19.4 Å². The van der Waals surface area contributed by atoms with Gasteiger partial charge in [0.2, 0.25) is 5.91 Å². The second-order valence-electron chi connectivity index (χ2n) is 29.2. The van der Waals surface area contributed by atoms with Gasteiger partial charge in [-0.1, -0.05) is 391 Å². The molecular formula is C84H159NO10. The first kappa shape index (κ1) is 90.9. The Bertz CT molecular complexity index is 1670. The van der Waals surface area contributed by atoms with Crippen molar-refractivity contribution in [2.45, 2.75) is 468 Å². The van der Waals surface area contributed by atoms with Crippen molar-refractivity contribution in [3.63, 3.8) is 0 Å². The van der Waals surface area contributed by atoms with Crippen LogP contribution >= 0.6 is 0 Å². The molecule has 7 atom stereocenters. The molecule has 0 aromatic heterocycles. The van der Waals surface area contributed by atoms with Gasteiger partial charge in [0, 0.05) is 12.8 Å². The number of unbranched alkanes of at least 4 members (excludes halogenated alkanes) is 57. The van der Waals surface area contributed by atoms with Gasteiger partial charge in [-0.2, -0.15) is 0 Å². The first-order valence-corrected chi connectivity index (χ1v) is 41.8. The van der Waals surface area contributed by atoms with E-state index in [-0.39, 0.29) is 18.5 Å². The van der Waals surface area contributed by atoms with Crippen molar-refractivity contribution in [3.05, 3.63) is 36.5 Å². The molecule has 0 radical (unpaired) electrons. The topological polar surface area (TPSA) is 175 Å². The van der Waals surface area contributed by atoms with Crippen molar-refractivity contribution < 1.29 is 49.3 Å². The van der Waals surface area contributed by atoms with E-state index in [4.69, 9.17) is 14.2 Å². The third-order valence-corrected chi connectivity index (χ3v) is 20.0. The minimum absolute atomic E-state index is 0.0204. The Morgan fingerprint density at radius 1 is 0.379 bits per heavy atom. The number of rotatable bonds is 75. The first-order chi connectivity index (χ1) is 46.7. The number of amides is 1. The summed E-state index contributed by atoms with van der Waals surface area (Å²) in [6.45, 7) is 4.37. The number of aliphatic hydroxyl groups excluding tert-OH is 5. The van der Waals surface area contributed by atoms with Crippen molar-refractivity contribution in [1.82, 2.24) is 5.32 Å². The van der Waals surface area contributed by atoms with E-state index in [1.807, 2.05) is 6.08 Å². The average molecular weight is 1340 g/mol. The molecule has 0 saturated carbocycles. The zero-order valence-electron chi connectivity index (χ0n) is 62.7. The van der Waals surface area contributed by atoms with Gasteiger partial charge in [0.05, 0.1) is 32.0 Å². The summed E-state index contributed by atoms with van der Waals surface area (Å²) in [5, 5.41) is 54.6. The standard InChI is InChI=1S/C84H159NO10/c1-3-5-7-9-11-13-15-17-43-47-50-54-58-62-66-70-77(87)76(75-94-84-83(92)82(91)81(90)78(74-86)95-84)85-79(88)71-67-63-59-55-51-48-44-41-39-37-35-33-31-29-27-25-23-21-19-18-20-22-24-26-28-30-32-34-36-38-40-42-45-49-53-57-61-65-69-73-93-80(89)72-68-64-60-56-52-46-16-14-12-10-8-6-4-2/h15,17,50,54,66,70,76-78,81-84,86-87,90-92H,3-14,16,18-49,51-53,55-65,67-69,71-75H2,1-2H3,(H,85,88)/b17-15+,54-50+,70-66+. The van der Waals surface area contributed by atoms with E-state index >= 15 is 0 Å². The van der Waals surface area contributed by atoms with Crippen molar-refractivity contribution in [2.24, 2.45) is 0 Å². The van der Waals surface area contributed by atoms with Gasteiger partial charge in [0.15, 0.2) is 6.29 Å². The summed E-state index contributed by atoms with van der Waals surface area (Å²) in [6.07, 6.45) is 86.2. The molecule has 1 amide bonds. The molecule has 1 heterocycles. The zero-order chi connectivity index (χ0) is 68.6. The van der Waals surface area contributed by atoms with Gasteiger partial charge >= 0.3 is 5.97 Å². The van der Waals surface area contributed by atoms with E-state index in [2.05, 4.69) is 43.5 Å². The van der Waals surface area contributed by atoms with E-state index in [9.17, 15) is 35.1 Å². The van der Waals surface area contributed by atoms with Crippen LogP contribution in [0, 0.1) is 0 Å². The molecule has 0 bridgehead atoms. The summed E-state index contributed by atoms with van der Waals surface area (Å²) in [5.74, 6) is -0.167. The Balaban J connectivity index is 1.89. The highest BCUT2D eigenvalue weighted by molar-refractivity contribution is 5.76. The van der Waals surface area contributed by atoms with E-state index in [0.717, 1.165) is 64.2 Å². The van der Waals surface area contributed by atoms with Crippen molar-refractivity contribution in [1.29, 1.82) is 0 Å². The Kier molecular flexibility index (Phi) is 69.9. The molecule has 0 aromatic rings. The molecule has 6 N–H and O–H groups in total. The van der Waals surface area contributed by atoms with Crippen LogP contribution in [-0.2, 0) is 23.8 Å². The normalized spacial score (nSPS) is 17.5. The van der Waals surface area contributed by atoms with Gasteiger partial charge in [-0.25, -0.2) is 0 Å². The highest BCUT2D eigenvalue weighted by Crippen LogP contribution is 2.24. The maximum atomic E-state index is 13.1. The minimum atomic E-state index is -1.58. The maximum absolute atomic E-state index is 13.1. The van der Waals surface area contributed by atoms with Crippen LogP contribution in [0.25, 0.3) is 0 Å². The molecule has 560 valence electrons. The fourth-order valence-corrected chi connectivity index (χ4v) is 13.5. The van der Waals surface area contributed by atoms with Crippen LogP contribution in [0.5, 0.6) is 0 Å². The Morgan fingerprint density at radius 3 is 1.04 bits per heavy atom. The predicted molar refractivity (Wildman–Crippen MR) is 403 cm³/mol. The van der Waals surface area contributed by atoms with Gasteiger partial charge in [-0.15, -0.1) is 0 Å². The average Bonchev–Trinajstić information content (AvgIpc) is 0.850. The number of aliphatic hydroxyl groups is 5. The summed E-state index contributed by atoms with van der Waals surface area (Å²) < 4.78 is 16.8. The smallest absolute Gasteiger partial charge is 0.305 e. The second-order valence-corrected chi connectivity index (χ2v) is 29.2. The third kappa shape index (κ3) is 61.5. The molecule has 0 aromatic carbocycles. The van der Waals surface area contributed by atoms with E-state index in [1.165, 1.54) is 334 Å². The molecule has 0 spiro atoms. The van der Waals surface area contributed by atoms with Crippen LogP contribution in [0.15, 0.2) is 36.5 Å². The molecule has 1 saturated heterocycles. The zero-order valence-corrected chi connectivity index (χ0v) is 62.7. The molecule has 1 fully saturated rings. The molecule has 11 nitrogen and oxygen atoms in total. The fraction of sp³-hybridized carbons (Fsp3) is 0.905. The quantitative estimate of drug-likeness (QED) is 0.0195. The maximum Gasteiger partial charge on any atom is 0.305 e. The number of carbonyl (C=O) groups is 2. The molecule has 1 aliphatic rings. The summed E-state index contributed by atoms with van der Waals surface area (Å²) in [7, 11) is 0. The van der Waals surface area contributed by atoms with Crippen molar-refractivity contribution in [3.8, 4) is 0 Å². The Morgan fingerprint density at radius 2 is 0.684 bits per heavy atom. The van der Waals surface area contributed by atoms with Crippen LogP contribution in [-0.4, -0.2) is 100 Å². The van der Waals surface area contributed by atoms with Crippen LogP contribution in [0.2, 0.25) is 0 Å². The summed E-state index contributed by atoms with van der Waals surface area (Å²) in [4.78, 5) is 25.2. The number of hydrogen-bond acceptors (Lipinski definition) is 10. The van der Waals surface area contributed by atoms with E-state index in [1.54, 1.807) is 6.08 Å². The number of esters is 1. The van der Waals surface area contributed by atoms with Gasteiger partial charge in [-0.3, -0.25) is 9.59 Å². The van der Waals surface area contributed by atoms with Gasteiger partial charge in [0.25, 0.3) is 0 Å². The molecular weight excluding hydrogens is 1180 g/mol. The molecule has 1 aliphatic heterocycles. The molecule has 1 rings (SSSR count). The Labute approximate surface area is 587 Å². The highest BCUT2D eigenvalue weighted by atomic mass is 16.7. The highest BCUT2D eigenvalue weighted by Gasteiger charge is 2.44. The van der Waals surface area contributed by atoms with Gasteiger partial charge < -0.3 is 45.1 Å². The van der Waals surface area contributed by atoms with Crippen molar-refractivity contribution >= 4 is 11.9 Å². The lowest BCUT2D eigenvalue weighted by Crippen LogP contribution is -2.60. The second kappa shape index (κ2) is 73.1. The van der Waals surface area contributed by atoms with Gasteiger partial charge in [0.1, 0.15) is 24.4 Å². The van der Waals surface area contributed by atoms with Crippen LogP contribution in [0.1, 0.15) is 425 Å². The largest absolute Gasteiger partial charge is 0.466 e. The summed E-state index contributed by atoms with van der Waals surface area (Å²) in [6, 6.07) is -0.831. The molecule has 11 heteroatoms. The van der Waals surface area contributed by atoms with Crippen LogP contribution < -0.4 is 5.32 Å². The predicted octanol–water partition coefficient (Wildman–Crippen LogP) is 22.9.